The van der Waals surface area contributed by atoms with E-state index in [0.29, 0.717) is 11.3 Å². The highest BCUT2D eigenvalue weighted by Gasteiger charge is 2.28. The zero-order chi connectivity index (χ0) is 15.3. The Morgan fingerprint density at radius 3 is 2.57 bits per heavy atom. The SMILES string of the molecule is CC(O)(CC(=O)NC(CO)c1ccco1)c1ccccc1. The molecule has 2 rings (SSSR count). The summed E-state index contributed by atoms with van der Waals surface area (Å²) in [6.07, 6.45) is 1.37. The Bertz CT molecular complexity index is 563. The van der Waals surface area contributed by atoms with Crippen LogP contribution in [0.2, 0.25) is 0 Å². The second kappa shape index (κ2) is 6.56. The van der Waals surface area contributed by atoms with Crippen molar-refractivity contribution in [3.8, 4) is 0 Å². The van der Waals surface area contributed by atoms with Crippen LogP contribution >= 0.6 is 0 Å². The number of rotatable bonds is 6. The monoisotopic (exact) mass is 289 g/mol. The number of carbonyl (C=O) groups is 1. The number of nitrogens with one attached hydrogen (secondary N) is 1. The molecule has 0 saturated carbocycles. The zero-order valence-corrected chi connectivity index (χ0v) is 11.8. The first kappa shape index (κ1) is 15.3. The van der Waals surface area contributed by atoms with Crippen LogP contribution in [0, 0.1) is 0 Å². The first-order chi connectivity index (χ1) is 10.0. The van der Waals surface area contributed by atoms with Gasteiger partial charge in [0.2, 0.25) is 5.91 Å². The lowest BCUT2D eigenvalue weighted by Crippen LogP contribution is -2.36. The van der Waals surface area contributed by atoms with E-state index in [1.165, 1.54) is 6.26 Å². The van der Waals surface area contributed by atoms with Crippen LogP contribution in [0.15, 0.2) is 53.1 Å². The van der Waals surface area contributed by atoms with E-state index in [2.05, 4.69) is 5.32 Å². The van der Waals surface area contributed by atoms with Gasteiger partial charge in [0.05, 0.1) is 24.9 Å². The predicted molar refractivity (Wildman–Crippen MR) is 77.3 cm³/mol. The molecule has 0 aliphatic carbocycles. The van der Waals surface area contributed by atoms with E-state index >= 15 is 0 Å². The van der Waals surface area contributed by atoms with Crippen molar-refractivity contribution in [1.29, 1.82) is 0 Å². The predicted octanol–water partition coefficient (Wildman–Crippen LogP) is 1.73. The van der Waals surface area contributed by atoms with Crippen molar-refractivity contribution in [2.75, 3.05) is 6.61 Å². The van der Waals surface area contributed by atoms with Gasteiger partial charge in [-0.3, -0.25) is 4.79 Å². The van der Waals surface area contributed by atoms with Gasteiger partial charge in [0.1, 0.15) is 11.8 Å². The molecule has 21 heavy (non-hydrogen) atoms. The molecule has 0 spiro atoms. The van der Waals surface area contributed by atoms with Crippen molar-refractivity contribution >= 4 is 5.91 Å². The summed E-state index contributed by atoms with van der Waals surface area (Å²) in [5.74, 6) is 0.115. The van der Waals surface area contributed by atoms with E-state index < -0.39 is 11.6 Å². The fourth-order valence-corrected chi connectivity index (χ4v) is 2.15. The molecule has 0 bridgehead atoms. The Morgan fingerprint density at radius 1 is 1.29 bits per heavy atom. The van der Waals surface area contributed by atoms with Gasteiger partial charge in [-0.2, -0.15) is 0 Å². The minimum absolute atomic E-state index is 0.103. The molecule has 5 heteroatoms. The van der Waals surface area contributed by atoms with Gasteiger partial charge in [0.15, 0.2) is 0 Å². The number of amides is 1. The Labute approximate surface area is 123 Å². The molecule has 0 radical (unpaired) electrons. The van der Waals surface area contributed by atoms with E-state index in [9.17, 15) is 15.0 Å². The van der Waals surface area contributed by atoms with Crippen LogP contribution in [0.3, 0.4) is 0 Å². The summed E-state index contributed by atoms with van der Waals surface area (Å²) in [6, 6.07) is 11.7. The number of aliphatic hydroxyl groups is 2. The summed E-state index contributed by atoms with van der Waals surface area (Å²) in [5, 5.41) is 22.4. The molecule has 5 nitrogen and oxygen atoms in total. The van der Waals surface area contributed by atoms with E-state index in [1.807, 2.05) is 6.07 Å². The molecule has 0 aliphatic heterocycles. The highest BCUT2D eigenvalue weighted by molar-refractivity contribution is 5.77. The van der Waals surface area contributed by atoms with Crippen molar-refractivity contribution < 1.29 is 19.4 Å². The third-order valence-corrected chi connectivity index (χ3v) is 3.30. The number of hydrogen-bond acceptors (Lipinski definition) is 4. The molecule has 0 fully saturated rings. The highest BCUT2D eigenvalue weighted by Crippen LogP contribution is 2.24. The lowest BCUT2D eigenvalue weighted by atomic mass is 9.92. The molecule has 0 aliphatic rings. The summed E-state index contributed by atoms with van der Waals surface area (Å²) in [7, 11) is 0. The average Bonchev–Trinajstić information content (AvgIpc) is 2.99. The third-order valence-electron chi connectivity index (χ3n) is 3.30. The number of benzene rings is 1. The molecule has 2 atom stereocenters. The molecule has 0 saturated heterocycles. The maximum absolute atomic E-state index is 12.1. The lowest BCUT2D eigenvalue weighted by Gasteiger charge is -2.24. The van der Waals surface area contributed by atoms with E-state index in [1.54, 1.807) is 43.3 Å². The van der Waals surface area contributed by atoms with Crippen LogP contribution in [-0.4, -0.2) is 22.7 Å². The maximum atomic E-state index is 12.1. The van der Waals surface area contributed by atoms with E-state index in [0.717, 1.165) is 0 Å². The Kier molecular flexibility index (Phi) is 4.77. The minimum atomic E-state index is -1.27. The van der Waals surface area contributed by atoms with Crippen molar-refractivity contribution in [2.45, 2.75) is 25.0 Å². The highest BCUT2D eigenvalue weighted by atomic mass is 16.3. The third kappa shape index (κ3) is 3.93. The molecule has 1 heterocycles. The van der Waals surface area contributed by atoms with Gasteiger partial charge >= 0.3 is 0 Å². The fourth-order valence-electron chi connectivity index (χ4n) is 2.15. The molecule has 3 N–H and O–H groups in total. The molecule has 2 unspecified atom stereocenters. The minimum Gasteiger partial charge on any atom is -0.467 e. The van der Waals surface area contributed by atoms with Crippen LogP contribution in [0.5, 0.6) is 0 Å². The van der Waals surface area contributed by atoms with Gasteiger partial charge in [0, 0.05) is 0 Å². The molecule has 2 aromatic rings. The normalized spacial score (nSPS) is 15.2. The number of furan rings is 1. The summed E-state index contributed by atoms with van der Waals surface area (Å²) in [6.45, 7) is 1.31. The van der Waals surface area contributed by atoms with Gasteiger partial charge in [-0.25, -0.2) is 0 Å². The van der Waals surface area contributed by atoms with Gasteiger partial charge in [-0.05, 0) is 24.6 Å². The molecule has 1 amide bonds. The first-order valence-electron chi connectivity index (χ1n) is 6.74. The molecular weight excluding hydrogens is 270 g/mol. The van der Waals surface area contributed by atoms with Crippen molar-refractivity contribution in [3.05, 3.63) is 60.1 Å². The maximum Gasteiger partial charge on any atom is 0.223 e. The second-order valence-electron chi connectivity index (χ2n) is 5.13. The smallest absolute Gasteiger partial charge is 0.223 e. The van der Waals surface area contributed by atoms with Gasteiger partial charge < -0.3 is 19.9 Å². The first-order valence-corrected chi connectivity index (χ1v) is 6.74. The van der Waals surface area contributed by atoms with Crippen LogP contribution in [0.4, 0.5) is 0 Å². The van der Waals surface area contributed by atoms with Crippen molar-refractivity contribution in [1.82, 2.24) is 5.32 Å². The molecule has 1 aromatic carbocycles. The quantitative estimate of drug-likeness (QED) is 0.756. The van der Waals surface area contributed by atoms with E-state index in [-0.39, 0.29) is 18.9 Å². The second-order valence-corrected chi connectivity index (χ2v) is 5.13. The lowest BCUT2D eigenvalue weighted by molar-refractivity contribution is -0.127. The Balaban J connectivity index is 2.01. The number of hydrogen-bond donors (Lipinski definition) is 3. The summed E-state index contributed by atoms with van der Waals surface area (Å²) < 4.78 is 5.16. The van der Waals surface area contributed by atoms with Crippen LogP contribution in [0.25, 0.3) is 0 Å². The van der Waals surface area contributed by atoms with Gasteiger partial charge in [-0.15, -0.1) is 0 Å². The van der Waals surface area contributed by atoms with Crippen LogP contribution in [0.1, 0.15) is 30.7 Å². The van der Waals surface area contributed by atoms with Crippen molar-refractivity contribution in [2.24, 2.45) is 0 Å². The zero-order valence-electron chi connectivity index (χ0n) is 11.8. The summed E-state index contributed by atoms with van der Waals surface area (Å²) >= 11 is 0. The molecular formula is C16H19NO4. The fraction of sp³-hybridized carbons (Fsp3) is 0.312. The molecule has 1 aromatic heterocycles. The topological polar surface area (TPSA) is 82.7 Å². The summed E-state index contributed by atoms with van der Waals surface area (Å²) in [5.41, 5.74) is -0.604. The standard InChI is InChI=1S/C16H19NO4/c1-16(20,12-6-3-2-4-7-12)10-15(19)17-13(11-18)14-8-5-9-21-14/h2-9,13,18,20H,10-11H2,1H3,(H,17,19). The van der Waals surface area contributed by atoms with Crippen LogP contribution < -0.4 is 5.32 Å². The Morgan fingerprint density at radius 2 is 2.00 bits per heavy atom. The number of aliphatic hydroxyl groups excluding tert-OH is 1. The summed E-state index contributed by atoms with van der Waals surface area (Å²) in [4.78, 5) is 12.1. The van der Waals surface area contributed by atoms with Crippen molar-refractivity contribution in [3.63, 3.8) is 0 Å². The Hall–Kier alpha value is -2.11. The number of carbonyl (C=O) groups excluding carboxylic acids is 1. The van der Waals surface area contributed by atoms with Gasteiger partial charge in [0.25, 0.3) is 0 Å². The molecule has 112 valence electrons. The largest absolute Gasteiger partial charge is 0.467 e. The van der Waals surface area contributed by atoms with Gasteiger partial charge in [-0.1, -0.05) is 30.3 Å². The van der Waals surface area contributed by atoms with E-state index in [4.69, 9.17) is 4.42 Å². The van der Waals surface area contributed by atoms with Crippen LogP contribution in [-0.2, 0) is 10.4 Å². The average molecular weight is 289 g/mol.